The largest absolute Gasteiger partial charge is 0.417 e. The maximum atomic E-state index is 13.0. The Morgan fingerprint density at radius 3 is 2.43 bits per heavy atom. The molecule has 0 aliphatic rings. The highest BCUT2D eigenvalue weighted by atomic mass is 79.9. The Bertz CT molecular complexity index is 626. The maximum Gasteiger partial charge on any atom is 0.417 e. The second-order valence-corrected chi connectivity index (χ2v) is 5.37. The number of benzene rings is 1. The van der Waals surface area contributed by atoms with Crippen molar-refractivity contribution < 1.29 is 17.6 Å². The number of aromatic nitrogens is 1. The molecule has 1 atom stereocenters. The highest BCUT2D eigenvalue weighted by molar-refractivity contribution is 9.10. The van der Waals surface area contributed by atoms with Gasteiger partial charge in [-0.15, -0.1) is 0 Å². The molecule has 0 saturated heterocycles. The Hall–Kier alpha value is -1.47. The van der Waals surface area contributed by atoms with E-state index in [1.165, 1.54) is 18.2 Å². The van der Waals surface area contributed by atoms with Crippen LogP contribution in [0.15, 0.2) is 41.0 Å². The van der Waals surface area contributed by atoms with Crippen molar-refractivity contribution in [1.29, 1.82) is 0 Å². The summed E-state index contributed by atoms with van der Waals surface area (Å²) in [6.45, 7) is 0. The van der Waals surface area contributed by atoms with Gasteiger partial charge in [0.25, 0.3) is 0 Å². The summed E-state index contributed by atoms with van der Waals surface area (Å²) in [7, 11) is 0. The van der Waals surface area contributed by atoms with Crippen molar-refractivity contribution >= 4 is 15.9 Å². The molecule has 2 N–H and O–H groups in total. The third-order valence-electron chi connectivity index (χ3n) is 2.95. The number of nitrogens with two attached hydrogens (primary N) is 1. The molecule has 1 unspecified atom stereocenters. The molecule has 0 aliphatic carbocycles. The predicted octanol–water partition coefficient (Wildman–Crippen LogP) is 4.24. The van der Waals surface area contributed by atoms with Crippen LogP contribution in [0.5, 0.6) is 0 Å². The molecule has 2 aromatic rings. The van der Waals surface area contributed by atoms with E-state index in [1.807, 2.05) is 0 Å². The topological polar surface area (TPSA) is 38.9 Å². The Morgan fingerprint density at radius 1 is 1.19 bits per heavy atom. The van der Waals surface area contributed by atoms with Crippen LogP contribution in [0, 0.1) is 5.82 Å². The number of hydrogen-bond donors (Lipinski definition) is 1. The molecule has 1 heterocycles. The third-order valence-corrected chi connectivity index (χ3v) is 3.69. The summed E-state index contributed by atoms with van der Waals surface area (Å²) in [4.78, 5) is 3.75. The summed E-state index contributed by atoms with van der Waals surface area (Å²) < 4.78 is 50.9. The van der Waals surface area contributed by atoms with Crippen molar-refractivity contribution in [2.45, 2.75) is 18.6 Å². The predicted molar refractivity (Wildman–Crippen MR) is 74.0 cm³/mol. The van der Waals surface area contributed by atoms with E-state index in [1.54, 1.807) is 6.07 Å². The highest BCUT2D eigenvalue weighted by Crippen LogP contribution is 2.29. The lowest BCUT2D eigenvalue weighted by molar-refractivity contribution is -0.137. The van der Waals surface area contributed by atoms with Crippen LogP contribution in [0.2, 0.25) is 0 Å². The van der Waals surface area contributed by atoms with Crippen LogP contribution in [-0.4, -0.2) is 4.98 Å². The van der Waals surface area contributed by atoms with Crippen molar-refractivity contribution in [2.24, 2.45) is 5.73 Å². The van der Waals surface area contributed by atoms with Crippen LogP contribution in [-0.2, 0) is 12.6 Å². The molecule has 0 fully saturated rings. The quantitative estimate of drug-likeness (QED) is 0.829. The molecule has 1 aromatic heterocycles. The molecule has 0 saturated carbocycles. The molecule has 0 spiro atoms. The van der Waals surface area contributed by atoms with E-state index in [0.717, 1.165) is 17.8 Å². The molecule has 2 rings (SSSR count). The third kappa shape index (κ3) is 4.01. The van der Waals surface area contributed by atoms with E-state index in [9.17, 15) is 17.6 Å². The fraction of sp³-hybridized carbons (Fsp3) is 0.214. The Balaban J connectivity index is 2.15. The van der Waals surface area contributed by atoms with Gasteiger partial charge in [-0.05, 0) is 36.2 Å². The standard InChI is InChI=1S/C14H11BrF4N2/c15-11-6-10(16)3-1-8(11)5-12(20)13-4-2-9(7-21-13)14(17,18)19/h1-4,6-7,12H,5,20H2. The zero-order chi connectivity index (χ0) is 15.6. The van der Waals surface area contributed by atoms with E-state index in [2.05, 4.69) is 20.9 Å². The minimum Gasteiger partial charge on any atom is -0.322 e. The molecule has 0 amide bonds. The zero-order valence-electron chi connectivity index (χ0n) is 10.7. The lowest BCUT2D eigenvalue weighted by Gasteiger charge is -2.13. The summed E-state index contributed by atoms with van der Waals surface area (Å²) in [6, 6.07) is 5.81. The van der Waals surface area contributed by atoms with Crippen LogP contribution >= 0.6 is 15.9 Å². The maximum absolute atomic E-state index is 13.0. The average molecular weight is 363 g/mol. The fourth-order valence-electron chi connectivity index (χ4n) is 1.82. The highest BCUT2D eigenvalue weighted by Gasteiger charge is 2.30. The summed E-state index contributed by atoms with van der Waals surface area (Å²) >= 11 is 3.22. The second kappa shape index (κ2) is 6.11. The second-order valence-electron chi connectivity index (χ2n) is 4.52. The fourth-order valence-corrected chi connectivity index (χ4v) is 2.33. The van der Waals surface area contributed by atoms with Gasteiger partial charge in [0.05, 0.1) is 17.3 Å². The normalized spacial score (nSPS) is 13.2. The van der Waals surface area contributed by atoms with E-state index in [-0.39, 0.29) is 5.82 Å². The van der Waals surface area contributed by atoms with E-state index in [4.69, 9.17) is 5.73 Å². The molecule has 7 heteroatoms. The van der Waals surface area contributed by atoms with Crippen molar-refractivity contribution in [3.8, 4) is 0 Å². The van der Waals surface area contributed by atoms with Crippen LogP contribution < -0.4 is 5.73 Å². The van der Waals surface area contributed by atoms with Gasteiger partial charge in [-0.1, -0.05) is 22.0 Å². The van der Waals surface area contributed by atoms with Gasteiger partial charge in [0.2, 0.25) is 0 Å². The van der Waals surface area contributed by atoms with Crippen molar-refractivity contribution in [3.05, 3.63) is 63.6 Å². The van der Waals surface area contributed by atoms with Gasteiger partial charge >= 0.3 is 6.18 Å². The number of nitrogens with zero attached hydrogens (tertiary/aromatic N) is 1. The first-order chi connectivity index (χ1) is 9.77. The number of alkyl halides is 3. The molecule has 0 bridgehead atoms. The minimum absolute atomic E-state index is 0.333. The minimum atomic E-state index is -4.42. The first-order valence-corrected chi connectivity index (χ1v) is 6.79. The van der Waals surface area contributed by atoms with Crippen molar-refractivity contribution in [3.63, 3.8) is 0 Å². The van der Waals surface area contributed by atoms with E-state index in [0.29, 0.717) is 16.6 Å². The van der Waals surface area contributed by atoms with Crippen LogP contribution in [0.4, 0.5) is 17.6 Å². The van der Waals surface area contributed by atoms with E-state index >= 15 is 0 Å². The van der Waals surface area contributed by atoms with Crippen LogP contribution in [0.25, 0.3) is 0 Å². The first kappa shape index (κ1) is 15.9. The molecule has 112 valence electrons. The molecular formula is C14H11BrF4N2. The van der Waals surface area contributed by atoms with Crippen molar-refractivity contribution in [2.75, 3.05) is 0 Å². The Morgan fingerprint density at radius 2 is 1.90 bits per heavy atom. The summed E-state index contributed by atoms with van der Waals surface area (Å²) in [5.41, 5.74) is 6.22. The molecule has 0 aliphatic heterocycles. The lowest BCUT2D eigenvalue weighted by Crippen LogP contribution is -2.16. The summed E-state index contributed by atoms with van der Waals surface area (Å²) in [5.74, 6) is -0.383. The molecule has 21 heavy (non-hydrogen) atoms. The van der Waals surface area contributed by atoms with Gasteiger partial charge in [-0.25, -0.2) is 4.39 Å². The monoisotopic (exact) mass is 362 g/mol. The number of hydrogen-bond acceptors (Lipinski definition) is 2. The zero-order valence-corrected chi connectivity index (χ0v) is 12.2. The first-order valence-electron chi connectivity index (χ1n) is 6.00. The number of pyridine rings is 1. The van der Waals surface area contributed by atoms with Crippen LogP contribution in [0.3, 0.4) is 0 Å². The smallest absolute Gasteiger partial charge is 0.322 e. The number of halogens is 5. The number of rotatable bonds is 3. The van der Waals surface area contributed by atoms with Gasteiger partial charge in [0, 0.05) is 10.7 Å². The van der Waals surface area contributed by atoms with Gasteiger partial charge in [0.1, 0.15) is 5.82 Å². The van der Waals surface area contributed by atoms with E-state index < -0.39 is 17.8 Å². The summed E-state index contributed by atoms with van der Waals surface area (Å²) in [6.07, 6.45) is -3.33. The van der Waals surface area contributed by atoms with Gasteiger partial charge in [0.15, 0.2) is 0 Å². The van der Waals surface area contributed by atoms with Gasteiger partial charge < -0.3 is 5.73 Å². The summed E-state index contributed by atoms with van der Waals surface area (Å²) in [5, 5.41) is 0. The van der Waals surface area contributed by atoms with Gasteiger partial charge in [-0.2, -0.15) is 13.2 Å². The SMILES string of the molecule is NC(Cc1ccc(F)cc1Br)c1ccc(C(F)(F)F)cn1. The molecule has 0 radical (unpaired) electrons. The Kier molecular flexibility index (Phi) is 4.63. The van der Waals surface area contributed by atoms with Gasteiger partial charge in [-0.3, -0.25) is 4.98 Å². The molecule has 1 aromatic carbocycles. The van der Waals surface area contributed by atoms with Crippen LogP contribution in [0.1, 0.15) is 22.9 Å². The average Bonchev–Trinajstić information content (AvgIpc) is 2.41. The molecule has 2 nitrogen and oxygen atoms in total. The lowest BCUT2D eigenvalue weighted by atomic mass is 10.0. The van der Waals surface area contributed by atoms with Crippen molar-refractivity contribution in [1.82, 2.24) is 4.98 Å². The molecular weight excluding hydrogens is 352 g/mol. The Labute approximate surface area is 127 Å².